The van der Waals surface area contributed by atoms with Gasteiger partial charge >= 0.3 is 0 Å². The summed E-state index contributed by atoms with van der Waals surface area (Å²) in [6.07, 6.45) is -0.627. The van der Waals surface area contributed by atoms with Gasteiger partial charge in [-0.25, -0.2) is 4.39 Å². The van der Waals surface area contributed by atoms with Gasteiger partial charge in [0.1, 0.15) is 5.82 Å². The number of nitrogens with one attached hydrogen (secondary N) is 1. The molecular formula is C12H12FIN2OS. The highest BCUT2D eigenvalue weighted by Crippen LogP contribution is 2.25. The molecule has 0 bridgehead atoms. The lowest BCUT2D eigenvalue weighted by atomic mass is 10.2. The fraction of sp³-hybridized carbons (Fsp3) is 0.167. The lowest BCUT2D eigenvalue weighted by molar-refractivity contribution is 0.192. The van der Waals surface area contributed by atoms with Gasteiger partial charge in [-0.15, -0.1) is 0 Å². The zero-order valence-electron chi connectivity index (χ0n) is 9.36. The van der Waals surface area contributed by atoms with Gasteiger partial charge in [0.15, 0.2) is 0 Å². The molecule has 1 unspecified atom stereocenters. The minimum atomic E-state index is -0.627. The van der Waals surface area contributed by atoms with Crippen LogP contribution in [-0.4, -0.2) is 11.7 Å². The normalized spacial score (nSPS) is 12.4. The van der Waals surface area contributed by atoms with Crippen LogP contribution >= 0.6 is 33.9 Å². The highest BCUT2D eigenvalue weighted by atomic mass is 127. The number of thiophene rings is 1. The van der Waals surface area contributed by atoms with E-state index in [-0.39, 0.29) is 5.82 Å². The summed E-state index contributed by atoms with van der Waals surface area (Å²) < 4.78 is 13.9. The average molecular weight is 378 g/mol. The quantitative estimate of drug-likeness (QED) is 0.566. The Morgan fingerprint density at radius 1 is 1.50 bits per heavy atom. The summed E-state index contributed by atoms with van der Waals surface area (Å²) in [6.45, 7) is 0.293. The van der Waals surface area contributed by atoms with E-state index < -0.39 is 6.10 Å². The van der Waals surface area contributed by atoms with Crippen LogP contribution < -0.4 is 11.1 Å². The molecule has 0 aliphatic rings. The van der Waals surface area contributed by atoms with Gasteiger partial charge in [-0.1, -0.05) is 0 Å². The van der Waals surface area contributed by atoms with Crippen LogP contribution in [0.25, 0.3) is 0 Å². The molecule has 1 heterocycles. The Balaban J connectivity index is 2.04. The molecule has 1 aromatic heterocycles. The predicted molar refractivity (Wildman–Crippen MR) is 81.3 cm³/mol. The van der Waals surface area contributed by atoms with Gasteiger partial charge in [0, 0.05) is 12.6 Å². The Hall–Kier alpha value is -0.860. The van der Waals surface area contributed by atoms with Crippen LogP contribution in [0.15, 0.2) is 29.0 Å². The van der Waals surface area contributed by atoms with E-state index in [1.54, 1.807) is 6.07 Å². The Labute approximate surface area is 122 Å². The summed E-state index contributed by atoms with van der Waals surface area (Å²) >= 11 is 3.41. The Morgan fingerprint density at radius 2 is 2.28 bits per heavy atom. The number of anilines is 2. The molecular weight excluding hydrogens is 366 g/mol. The first kappa shape index (κ1) is 13.6. The van der Waals surface area contributed by atoms with Crippen molar-refractivity contribution in [3.05, 3.63) is 43.9 Å². The SMILES string of the molecule is Nc1cc(I)c(F)cc1NCC(O)c1ccsc1. The van der Waals surface area contributed by atoms with E-state index in [2.05, 4.69) is 5.32 Å². The van der Waals surface area contributed by atoms with E-state index >= 15 is 0 Å². The third-order valence-electron chi connectivity index (χ3n) is 2.51. The van der Waals surface area contributed by atoms with E-state index in [0.717, 1.165) is 5.56 Å². The standard InChI is InChI=1S/C12H12FIN2OS/c13-8-3-11(10(15)4-9(8)14)16-5-12(17)7-1-2-18-6-7/h1-4,6,12,16-17H,5,15H2. The summed E-state index contributed by atoms with van der Waals surface area (Å²) in [5, 5.41) is 16.6. The molecule has 0 amide bonds. The number of nitrogen functional groups attached to an aromatic ring is 1. The summed E-state index contributed by atoms with van der Waals surface area (Å²) in [5.74, 6) is -0.322. The number of aliphatic hydroxyl groups is 1. The number of rotatable bonds is 4. The molecule has 0 aliphatic heterocycles. The van der Waals surface area contributed by atoms with Gasteiger partial charge in [-0.3, -0.25) is 0 Å². The molecule has 0 saturated carbocycles. The van der Waals surface area contributed by atoms with Crippen LogP contribution in [0, 0.1) is 9.39 Å². The molecule has 96 valence electrons. The average Bonchev–Trinajstić information content (AvgIpc) is 2.85. The van der Waals surface area contributed by atoms with Crippen LogP contribution in [0.4, 0.5) is 15.8 Å². The third kappa shape index (κ3) is 3.12. The number of hydrogen-bond donors (Lipinski definition) is 3. The lowest BCUT2D eigenvalue weighted by Crippen LogP contribution is -2.13. The topological polar surface area (TPSA) is 58.3 Å². The van der Waals surface area contributed by atoms with E-state index in [9.17, 15) is 9.50 Å². The highest BCUT2D eigenvalue weighted by Gasteiger charge is 2.10. The molecule has 0 aliphatic carbocycles. The smallest absolute Gasteiger partial charge is 0.138 e. The van der Waals surface area contributed by atoms with Crippen molar-refractivity contribution in [1.29, 1.82) is 0 Å². The molecule has 1 aromatic carbocycles. The van der Waals surface area contributed by atoms with Crippen molar-refractivity contribution >= 4 is 45.3 Å². The first-order chi connectivity index (χ1) is 8.58. The van der Waals surface area contributed by atoms with Crippen molar-refractivity contribution in [2.24, 2.45) is 0 Å². The Bertz CT molecular complexity index is 533. The van der Waals surface area contributed by atoms with Crippen molar-refractivity contribution < 1.29 is 9.50 Å². The highest BCUT2D eigenvalue weighted by molar-refractivity contribution is 14.1. The van der Waals surface area contributed by atoms with Crippen LogP contribution in [0.1, 0.15) is 11.7 Å². The maximum Gasteiger partial charge on any atom is 0.138 e. The van der Waals surface area contributed by atoms with Crippen LogP contribution in [0.5, 0.6) is 0 Å². The molecule has 0 spiro atoms. The first-order valence-corrected chi connectivity index (χ1v) is 7.28. The molecule has 0 radical (unpaired) electrons. The Kier molecular flexibility index (Phi) is 4.41. The summed E-state index contributed by atoms with van der Waals surface area (Å²) in [7, 11) is 0. The summed E-state index contributed by atoms with van der Waals surface area (Å²) in [4.78, 5) is 0. The van der Waals surface area contributed by atoms with Crippen molar-refractivity contribution in [3.8, 4) is 0 Å². The summed E-state index contributed by atoms with van der Waals surface area (Å²) in [6, 6.07) is 4.77. The van der Waals surface area contributed by atoms with Crippen LogP contribution in [0.2, 0.25) is 0 Å². The molecule has 2 aromatic rings. The Morgan fingerprint density at radius 3 is 2.94 bits per heavy atom. The van der Waals surface area contributed by atoms with Crippen molar-refractivity contribution in [2.75, 3.05) is 17.6 Å². The molecule has 0 fully saturated rings. The lowest BCUT2D eigenvalue weighted by Gasteiger charge is -2.13. The van der Waals surface area contributed by atoms with E-state index in [1.807, 2.05) is 39.4 Å². The molecule has 18 heavy (non-hydrogen) atoms. The van der Waals surface area contributed by atoms with E-state index in [4.69, 9.17) is 5.73 Å². The molecule has 6 heteroatoms. The van der Waals surface area contributed by atoms with Gasteiger partial charge in [0.2, 0.25) is 0 Å². The van der Waals surface area contributed by atoms with Gasteiger partial charge in [0.25, 0.3) is 0 Å². The van der Waals surface area contributed by atoms with Crippen molar-refractivity contribution in [1.82, 2.24) is 0 Å². The largest absolute Gasteiger partial charge is 0.397 e. The van der Waals surface area contributed by atoms with Gasteiger partial charge < -0.3 is 16.2 Å². The second-order valence-corrected chi connectivity index (χ2v) is 5.75. The maximum absolute atomic E-state index is 13.4. The first-order valence-electron chi connectivity index (χ1n) is 5.26. The van der Waals surface area contributed by atoms with Gasteiger partial charge in [-0.05, 0) is 51.0 Å². The minimum absolute atomic E-state index is 0.293. The monoisotopic (exact) mass is 378 g/mol. The third-order valence-corrected chi connectivity index (χ3v) is 4.03. The molecule has 2 rings (SSSR count). The molecule has 4 N–H and O–H groups in total. The fourth-order valence-corrected chi connectivity index (χ4v) is 2.70. The van der Waals surface area contributed by atoms with Gasteiger partial charge in [0.05, 0.1) is 21.0 Å². The van der Waals surface area contributed by atoms with Crippen LogP contribution in [-0.2, 0) is 0 Å². The minimum Gasteiger partial charge on any atom is -0.397 e. The maximum atomic E-state index is 13.4. The fourth-order valence-electron chi connectivity index (χ4n) is 1.50. The number of hydrogen-bond acceptors (Lipinski definition) is 4. The molecule has 1 atom stereocenters. The van der Waals surface area contributed by atoms with Gasteiger partial charge in [-0.2, -0.15) is 11.3 Å². The van der Waals surface area contributed by atoms with Crippen LogP contribution in [0.3, 0.4) is 0 Å². The zero-order chi connectivity index (χ0) is 13.1. The van der Waals surface area contributed by atoms with Crippen molar-refractivity contribution in [2.45, 2.75) is 6.10 Å². The molecule has 3 nitrogen and oxygen atoms in total. The molecule has 0 saturated heterocycles. The van der Waals surface area contributed by atoms with Crippen molar-refractivity contribution in [3.63, 3.8) is 0 Å². The zero-order valence-corrected chi connectivity index (χ0v) is 12.3. The number of nitrogens with two attached hydrogens (primary N) is 1. The second-order valence-electron chi connectivity index (χ2n) is 3.81. The summed E-state index contributed by atoms with van der Waals surface area (Å²) in [5.41, 5.74) is 7.60. The second kappa shape index (κ2) is 5.85. The van der Waals surface area contributed by atoms with E-state index in [0.29, 0.717) is 21.5 Å². The number of halogens is 2. The van der Waals surface area contributed by atoms with E-state index in [1.165, 1.54) is 17.4 Å². The predicted octanol–water partition coefficient (Wildman–Crippen LogP) is 3.22. The number of aliphatic hydroxyl groups excluding tert-OH is 1. The number of benzene rings is 1.